The molecule has 0 amide bonds. The van der Waals surface area contributed by atoms with E-state index in [0.29, 0.717) is 11.4 Å². The molecule has 0 bridgehead atoms. The molecule has 0 aliphatic carbocycles. The summed E-state index contributed by atoms with van der Waals surface area (Å²) in [5.41, 5.74) is 0.923. The molecule has 0 aliphatic heterocycles. The van der Waals surface area contributed by atoms with Crippen LogP contribution >= 0.6 is 0 Å². The Balaban J connectivity index is 2.63. The first-order chi connectivity index (χ1) is 8.43. The summed E-state index contributed by atoms with van der Waals surface area (Å²) in [4.78, 5) is 10.3. The summed E-state index contributed by atoms with van der Waals surface area (Å²) in [5.74, 6) is -1.35. The molecule has 100 valence electrons. The lowest BCUT2D eigenvalue weighted by Crippen LogP contribution is -2.18. The Kier molecular flexibility index (Phi) is 4.93. The fourth-order valence-corrected chi connectivity index (χ4v) is 2.02. The van der Waals surface area contributed by atoms with E-state index in [9.17, 15) is 13.2 Å². The van der Waals surface area contributed by atoms with E-state index in [0.717, 1.165) is 0 Å². The zero-order valence-electron chi connectivity index (χ0n) is 9.46. The molecular weight excluding hydrogens is 260 g/mol. The molecule has 0 fully saturated rings. The molecular formula is C10H14N2O5S. The van der Waals surface area contributed by atoms with Crippen molar-refractivity contribution < 1.29 is 23.4 Å². The van der Waals surface area contributed by atoms with Gasteiger partial charge in [-0.15, -0.1) is 0 Å². The molecule has 0 aliphatic rings. The third-order valence-corrected chi connectivity index (χ3v) is 3.23. The molecule has 8 heteroatoms. The van der Waals surface area contributed by atoms with Gasteiger partial charge in [0.2, 0.25) is 10.0 Å². The van der Waals surface area contributed by atoms with E-state index in [1.807, 2.05) is 0 Å². The van der Waals surface area contributed by atoms with Gasteiger partial charge in [-0.3, -0.25) is 9.52 Å². The molecule has 18 heavy (non-hydrogen) atoms. The first-order valence-corrected chi connectivity index (χ1v) is 6.75. The molecule has 0 atom stereocenters. The number of anilines is 2. The van der Waals surface area contributed by atoms with E-state index in [-0.39, 0.29) is 12.3 Å². The van der Waals surface area contributed by atoms with Crippen LogP contribution in [0.5, 0.6) is 0 Å². The second-order valence-corrected chi connectivity index (χ2v) is 5.31. The van der Waals surface area contributed by atoms with E-state index < -0.39 is 22.6 Å². The third kappa shape index (κ3) is 5.02. The molecule has 0 spiro atoms. The Labute approximate surface area is 105 Å². The van der Waals surface area contributed by atoms with Crippen LogP contribution in [0.15, 0.2) is 24.3 Å². The maximum absolute atomic E-state index is 11.3. The molecule has 0 unspecified atom stereocenters. The summed E-state index contributed by atoms with van der Waals surface area (Å²) < 4.78 is 25.0. The highest BCUT2D eigenvalue weighted by Gasteiger charge is 2.08. The van der Waals surface area contributed by atoms with E-state index in [4.69, 9.17) is 10.2 Å². The van der Waals surface area contributed by atoms with E-state index >= 15 is 0 Å². The lowest BCUT2D eigenvalue weighted by Gasteiger charge is -2.08. The van der Waals surface area contributed by atoms with Crippen molar-refractivity contribution in [2.75, 3.05) is 28.9 Å². The van der Waals surface area contributed by atoms with Crippen molar-refractivity contribution in [1.29, 1.82) is 0 Å². The Bertz CT molecular complexity index is 498. The van der Waals surface area contributed by atoms with Crippen LogP contribution in [-0.4, -0.2) is 43.5 Å². The first kappa shape index (κ1) is 14.3. The topological polar surface area (TPSA) is 116 Å². The Morgan fingerprint density at radius 1 is 1.17 bits per heavy atom. The van der Waals surface area contributed by atoms with Crippen LogP contribution in [0, 0.1) is 0 Å². The second kappa shape index (κ2) is 6.22. The minimum atomic E-state index is -3.54. The quantitative estimate of drug-likeness (QED) is 0.552. The summed E-state index contributed by atoms with van der Waals surface area (Å²) in [6, 6.07) is 6.11. The number of hydrogen-bond acceptors (Lipinski definition) is 5. The standard InChI is InChI=1S/C10H14N2O5S/c13-5-6-18(16,17)12-9-3-1-8(2-4-9)11-7-10(14)15/h1-4,11-13H,5-7H2,(H,14,15). The van der Waals surface area contributed by atoms with Crippen LogP contribution in [0.1, 0.15) is 0 Å². The second-order valence-electron chi connectivity index (χ2n) is 3.47. The van der Waals surface area contributed by atoms with Gasteiger partial charge in [0, 0.05) is 11.4 Å². The highest BCUT2D eigenvalue weighted by Crippen LogP contribution is 2.14. The van der Waals surface area contributed by atoms with Gasteiger partial charge in [0.25, 0.3) is 0 Å². The number of carbonyl (C=O) groups is 1. The smallest absolute Gasteiger partial charge is 0.322 e. The lowest BCUT2D eigenvalue weighted by molar-refractivity contribution is -0.134. The number of aliphatic hydroxyl groups excluding tert-OH is 1. The van der Waals surface area contributed by atoms with E-state index in [1.165, 1.54) is 12.1 Å². The Morgan fingerprint density at radius 2 is 1.72 bits per heavy atom. The summed E-state index contributed by atoms with van der Waals surface area (Å²) >= 11 is 0. The number of benzene rings is 1. The highest BCUT2D eigenvalue weighted by atomic mass is 32.2. The third-order valence-electron chi connectivity index (χ3n) is 1.96. The van der Waals surface area contributed by atoms with Gasteiger partial charge in [0.15, 0.2) is 0 Å². The minimum absolute atomic E-state index is 0.213. The number of sulfonamides is 1. The summed E-state index contributed by atoms with van der Waals surface area (Å²) in [6.07, 6.45) is 0. The van der Waals surface area contributed by atoms with Crippen LogP contribution in [0.2, 0.25) is 0 Å². The molecule has 0 saturated heterocycles. The Hall–Kier alpha value is -1.80. The number of nitrogens with one attached hydrogen (secondary N) is 2. The van der Waals surface area contributed by atoms with E-state index in [1.54, 1.807) is 12.1 Å². The molecule has 1 aromatic carbocycles. The van der Waals surface area contributed by atoms with Gasteiger partial charge in [-0.25, -0.2) is 8.42 Å². The molecule has 0 saturated carbocycles. The van der Waals surface area contributed by atoms with Crippen LogP contribution in [0.25, 0.3) is 0 Å². The molecule has 0 aromatic heterocycles. The maximum atomic E-state index is 11.3. The van der Waals surface area contributed by atoms with Crippen molar-refractivity contribution >= 4 is 27.4 Å². The highest BCUT2D eigenvalue weighted by molar-refractivity contribution is 7.92. The monoisotopic (exact) mass is 274 g/mol. The van der Waals surface area contributed by atoms with Gasteiger partial charge in [-0.05, 0) is 24.3 Å². The number of carboxylic acid groups (broad SMARTS) is 1. The maximum Gasteiger partial charge on any atom is 0.322 e. The van der Waals surface area contributed by atoms with E-state index in [2.05, 4.69) is 10.0 Å². The fraction of sp³-hybridized carbons (Fsp3) is 0.300. The van der Waals surface area contributed by atoms with Crippen LogP contribution < -0.4 is 10.0 Å². The number of aliphatic carboxylic acids is 1. The normalized spacial score (nSPS) is 10.9. The Morgan fingerprint density at radius 3 is 2.22 bits per heavy atom. The molecule has 1 rings (SSSR count). The van der Waals surface area contributed by atoms with Gasteiger partial charge in [-0.1, -0.05) is 0 Å². The van der Waals surface area contributed by atoms with Crippen molar-refractivity contribution in [2.24, 2.45) is 0 Å². The van der Waals surface area contributed by atoms with Crippen molar-refractivity contribution in [1.82, 2.24) is 0 Å². The SMILES string of the molecule is O=C(O)CNc1ccc(NS(=O)(=O)CCO)cc1. The van der Waals surface area contributed by atoms with Crippen molar-refractivity contribution in [3.8, 4) is 0 Å². The first-order valence-electron chi connectivity index (χ1n) is 5.10. The van der Waals surface area contributed by atoms with Crippen molar-refractivity contribution in [2.45, 2.75) is 0 Å². The zero-order valence-corrected chi connectivity index (χ0v) is 10.3. The van der Waals surface area contributed by atoms with Gasteiger partial charge >= 0.3 is 5.97 Å². The summed E-state index contributed by atoms with van der Waals surface area (Å²) in [5, 5.41) is 19.7. The predicted octanol–water partition coefficient (Wildman–Crippen LogP) is -0.0829. The predicted molar refractivity (Wildman–Crippen MR) is 67.1 cm³/mol. The van der Waals surface area contributed by atoms with Gasteiger partial charge < -0.3 is 15.5 Å². The lowest BCUT2D eigenvalue weighted by atomic mass is 10.3. The van der Waals surface area contributed by atoms with Gasteiger partial charge in [0.05, 0.1) is 12.4 Å². The number of aliphatic hydroxyl groups is 1. The number of rotatable bonds is 7. The average molecular weight is 274 g/mol. The van der Waals surface area contributed by atoms with Crippen molar-refractivity contribution in [3.05, 3.63) is 24.3 Å². The number of hydrogen-bond donors (Lipinski definition) is 4. The van der Waals surface area contributed by atoms with Crippen LogP contribution in [0.3, 0.4) is 0 Å². The minimum Gasteiger partial charge on any atom is -0.480 e. The van der Waals surface area contributed by atoms with Crippen molar-refractivity contribution in [3.63, 3.8) is 0 Å². The molecule has 0 radical (unpaired) electrons. The molecule has 4 N–H and O–H groups in total. The van der Waals surface area contributed by atoms with Crippen LogP contribution in [-0.2, 0) is 14.8 Å². The average Bonchev–Trinajstić information content (AvgIpc) is 2.27. The van der Waals surface area contributed by atoms with Gasteiger partial charge in [-0.2, -0.15) is 0 Å². The molecule has 7 nitrogen and oxygen atoms in total. The zero-order chi connectivity index (χ0) is 13.6. The van der Waals surface area contributed by atoms with Gasteiger partial charge in [0.1, 0.15) is 6.54 Å². The summed E-state index contributed by atoms with van der Waals surface area (Å²) in [7, 11) is -3.54. The number of carboxylic acids is 1. The molecule has 0 heterocycles. The summed E-state index contributed by atoms with van der Waals surface area (Å²) in [6.45, 7) is -0.664. The van der Waals surface area contributed by atoms with Crippen LogP contribution in [0.4, 0.5) is 11.4 Å². The fourth-order valence-electron chi connectivity index (χ4n) is 1.18. The molecule has 1 aromatic rings. The largest absolute Gasteiger partial charge is 0.480 e.